The molecule has 6 heteroatoms. The molecule has 0 fully saturated rings. The van der Waals surface area contributed by atoms with E-state index < -0.39 is 4.92 Å². The molecule has 0 heterocycles. The molecule has 0 saturated carbocycles. The van der Waals surface area contributed by atoms with Gasteiger partial charge in [0.2, 0.25) is 0 Å². The van der Waals surface area contributed by atoms with Crippen molar-refractivity contribution in [2.24, 2.45) is 0 Å². The van der Waals surface area contributed by atoms with Crippen molar-refractivity contribution in [2.75, 3.05) is 5.32 Å². The molecule has 4 rings (SSSR count). The first kappa shape index (κ1) is 23.0. The summed E-state index contributed by atoms with van der Waals surface area (Å²) in [7, 11) is 0. The molecular weight excluding hydrogens is 444 g/mol. The number of hydrogen-bond donors (Lipinski definition) is 1. The Morgan fingerprint density at radius 2 is 1.44 bits per heavy atom. The molecule has 0 radical (unpaired) electrons. The molecule has 168 valence electrons. The third-order valence-corrected chi connectivity index (χ3v) is 6.19. The quantitative estimate of drug-likeness (QED) is 0.0991. The first-order chi connectivity index (χ1) is 16.6. The minimum Gasteiger partial charge on any atom is -0.322 e. The van der Waals surface area contributed by atoms with E-state index in [1.54, 1.807) is 30.0 Å². The average molecular weight is 467 g/mol. The van der Waals surface area contributed by atoms with E-state index in [2.05, 4.69) is 17.4 Å². The second kappa shape index (κ2) is 11.1. The Morgan fingerprint density at radius 3 is 2.06 bits per heavy atom. The maximum Gasteiger partial charge on any atom is 0.269 e. The molecule has 5 nitrogen and oxygen atoms in total. The van der Waals surface area contributed by atoms with Crippen LogP contribution in [0.4, 0.5) is 11.4 Å². The van der Waals surface area contributed by atoms with Gasteiger partial charge in [-0.1, -0.05) is 60.7 Å². The van der Waals surface area contributed by atoms with Crippen molar-refractivity contribution in [3.05, 3.63) is 136 Å². The molecule has 0 spiro atoms. The number of benzene rings is 4. The maximum absolute atomic E-state index is 13.2. The van der Waals surface area contributed by atoms with Gasteiger partial charge in [-0.2, -0.15) is 0 Å². The third kappa shape index (κ3) is 6.21. The largest absolute Gasteiger partial charge is 0.322 e. The van der Waals surface area contributed by atoms with Crippen LogP contribution in [-0.4, -0.2) is 10.8 Å². The van der Waals surface area contributed by atoms with Crippen LogP contribution in [0, 0.1) is 10.1 Å². The second-order valence-corrected chi connectivity index (χ2v) is 8.57. The highest BCUT2D eigenvalue weighted by Gasteiger charge is 2.13. The molecule has 4 aromatic rings. The summed E-state index contributed by atoms with van der Waals surface area (Å²) >= 11 is 1.76. The smallest absolute Gasteiger partial charge is 0.269 e. The molecule has 1 N–H and O–H groups in total. The van der Waals surface area contributed by atoms with Gasteiger partial charge in [-0.15, -0.1) is 11.8 Å². The van der Waals surface area contributed by atoms with E-state index in [1.807, 2.05) is 72.8 Å². The predicted molar refractivity (Wildman–Crippen MR) is 138 cm³/mol. The number of hydrogen-bond acceptors (Lipinski definition) is 4. The summed E-state index contributed by atoms with van der Waals surface area (Å²) in [5.41, 5.74) is 3.80. The van der Waals surface area contributed by atoms with Crippen molar-refractivity contribution < 1.29 is 9.72 Å². The lowest BCUT2D eigenvalue weighted by molar-refractivity contribution is -0.384. The second-order valence-electron chi connectivity index (χ2n) is 7.53. The van der Waals surface area contributed by atoms with E-state index in [1.165, 1.54) is 17.0 Å². The van der Waals surface area contributed by atoms with E-state index >= 15 is 0 Å². The first-order valence-electron chi connectivity index (χ1n) is 10.7. The topological polar surface area (TPSA) is 72.2 Å². The molecule has 0 unspecified atom stereocenters. The van der Waals surface area contributed by atoms with Gasteiger partial charge in [-0.25, -0.2) is 0 Å². The molecule has 0 aliphatic rings. The Bertz CT molecular complexity index is 1290. The summed E-state index contributed by atoms with van der Waals surface area (Å²) in [6.07, 6.45) is 1.74. The molecule has 4 aromatic carbocycles. The van der Waals surface area contributed by atoms with Crippen LogP contribution in [0.25, 0.3) is 11.6 Å². The maximum atomic E-state index is 13.2. The molecule has 0 saturated heterocycles. The number of nitro groups is 1. The van der Waals surface area contributed by atoms with Gasteiger partial charge >= 0.3 is 0 Å². The van der Waals surface area contributed by atoms with Crippen LogP contribution in [-0.2, 0) is 10.5 Å². The Kier molecular flexibility index (Phi) is 7.53. The number of non-ortho nitro benzene ring substituents is 1. The van der Waals surface area contributed by atoms with Crippen molar-refractivity contribution in [3.63, 3.8) is 0 Å². The molecule has 0 aliphatic carbocycles. The fourth-order valence-electron chi connectivity index (χ4n) is 3.32. The van der Waals surface area contributed by atoms with Gasteiger partial charge in [0.05, 0.1) is 4.92 Å². The SMILES string of the molecule is O=C(Nc1ccc(CSc2ccccc2)cc1)/C(=C/c1ccc([N+](=O)[O-])cc1)c1ccccc1. The Hall–Kier alpha value is -4.16. The molecule has 34 heavy (non-hydrogen) atoms. The monoisotopic (exact) mass is 466 g/mol. The highest BCUT2D eigenvalue weighted by Crippen LogP contribution is 2.25. The normalized spacial score (nSPS) is 11.1. The molecule has 0 aromatic heterocycles. The number of carbonyl (C=O) groups is 1. The van der Waals surface area contributed by atoms with E-state index in [9.17, 15) is 14.9 Å². The zero-order valence-electron chi connectivity index (χ0n) is 18.3. The summed E-state index contributed by atoms with van der Waals surface area (Å²) in [4.78, 5) is 24.9. The van der Waals surface area contributed by atoms with E-state index in [0.717, 1.165) is 16.9 Å². The summed E-state index contributed by atoms with van der Waals surface area (Å²) in [5, 5.41) is 13.9. The lowest BCUT2D eigenvalue weighted by Crippen LogP contribution is -2.13. The van der Waals surface area contributed by atoms with Gasteiger partial charge in [0, 0.05) is 34.0 Å². The molecule has 0 atom stereocenters. The van der Waals surface area contributed by atoms with Gasteiger partial charge in [0.1, 0.15) is 0 Å². The number of rotatable bonds is 8. The van der Waals surface area contributed by atoms with Crippen LogP contribution in [0.2, 0.25) is 0 Å². The lowest BCUT2D eigenvalue weighted by Gasteiger charge is -2.11. The van der Waals surface area contributed by atoms with E-state index in [-0.39, 0.29) is 11.6 Å². The zero-order valence-corrected chi connectivity index (χ0v) is 19.1. The predicted octanol–water partition coefficient (Wildman–Crippen LogP) is 7.07. The van der Waals surface area contributed by atoms with Gasteiger partial charge in [-0.3, -0.25) is 14.9 Å². The van der Waals surface area contributed by atoms with Crippen molar-refractivity contribution in [1.29, 1.82) is 0 Å². The number of nitrogens with one attached hydrogen (secondary N) is 1. The minimum atomic E-state index is -0.444. The summed E-state index contributed by atoms with van der Waals surface area (Å²) < 4.78 is 0. The van der Waals surface area contributed by atoms with Crippen molar-refractivity contribution >= 4 is 40.7 Å². The fraction of sp³-hybridized carbons (Fsp3) is 0.0357. The molecule has 1 amide bonds. The zero-order chi connectivity index (χ0) is 23.8. The van der Waals surface area contributed by atoms with Crippen LogP contribution in [0.3, 0.4) is 0 Å². The number of anilines is 1. The molecule has 0 bridgehead atoms. The van der Waals surface area contributed by atoms with Crippen LogP contribution in [0.5, 0.6) is 0 Å². The number of thioether (sulfide) groups is 1. The number of nitro benzene ring substituents is 1. The van der Waals surface area contributed by atoms with Crippen molar-refractivity contribution in [1.82, 2.24) is 0 Å². The number of amides is 1. The summed E-state index contributed by atoms with van der Waals surface area (Å²) in [6.45, 7) is 0. The summed E-state index contributed by atoms with van der Waals surface area (Å²) in [5.74, 6) is 0.587. The van der Waals surface area contributed by atoms with Crippen LogP contribution >= 0.6 is 11.8 Å². The number of nitrogens with zero attached hydrogens (tertiary/aromatic N) is 1. The van der Waals surface area contributed by atoms with Crippen LogP contribution in [0.1, 0.15) is 16.7 Å². The fourth-order valence-corrected chi connectivity index (χ4v) is 4.20. The third-order valence-electron chi connectivity index (χ3n) is 5.10. The standard InChI is InChI=1S/C28H22N2O3S/c31-28(29-24-15-11-22(12-16-24)20-34-26-9-5-2-6-10-26)27(23-7-3-1-4-8-23)19-21-13-17-25(18-14-21)30(32)33/h1-19H,20H2,(H,29,31)/b27-19+. The highest BCUT2D eigenvalue weighted by molar-refractivity contribution is 7.98. The Balaban J connectivity index is 1.50. The van der Waals surface area contributed by atoms with Crippen molar-refractivity contribution in [3.8, 4) is 0 Å². The van der Waals surface area contributed by atoms with Gasteiger partial charge < -0.3 is 5.32 Å². The van der Waals surface area contributed by atoms with Gasteiger partial charge in [0.25, 0.3) is 11.6 Å². The molecular formula is C28H22N2O3S. The molecule has 0 aliphatic heterocycles. The van der Waals surface area contributed by atoms with Gasteiger partial charge in [-0.05, 0) is 59.2 Å². The lowest BCUT2D eigenvalue weighted by atomic mass is 10.0. The Labute approximate surface area is 202 Å². The average Bonchev–Trinajstić information content (AvgIpc) is 2.88. The first-order valence-corrected chi connectivity index (χ1v) is 11.7. The number of carbonyl (C=O) groups excluding carboxylic acids is 1. The van der Waals surface area contributed by atoms with Crippen LogP contribution in [0.15, 0.2) is 114 Å². The van der Waals surface area contributed by atoms with E-state index in [0.29, 0.717) is 16.8 Å². The van der Waals surface area contributed by atoms with Crippen LogP contribution < -0.4 is 5.32 Å². The Morgan fingerprint density at radius 1 is 0.824 bits per heavy atom. The summed E-state index contributed by atoms with van der Waals surface area (Å²) in [6, 6.07) is 33.5. The van der Waals surface area contributed by atoms with Gasteiger partial charge in [0.15, 0.2) is 0 Å². The highest BCUT2D eigenvalue weighted by atomic mass is 32.2. The minimum absolute atomic E-state index is 0.00776. The van der Waals surface area contributed by atoms with Crippen molar-refractivity contribution in [2.45, 2.75) is 10.6 Å². The van der Waals surface area contributed by atoms with E-state index in [4.69, 9.17) is 0 Å².